The molecule has 0 aliphatic carbocycles. The van der Waals surface area contributed by atoms with Gasteiger partial charge in [0.15, 0.2) is 0 Å². The summed E-state index contributed by atoms with van der Waals surface area (Å²) in [6.45, 7) is 1.92. The predicted octanol–water partition coefficient (Wildman–Crippen LogP) is 1.16. The van der Waals surface area contributed by atoms with Gasteiger partial charge < -0.3 is 5.73 Å². The summed E-state index contributed by atoms with van der Waals surface area (Å²) < 4.78 is 21.9. The zero-order valence-corrected chi connectivity index (χ0v) is 9.26. The Morgan fingerprint density at radius 3 is 2.50 bits per heavy atom. The molecule has 0 saturated carbocycles. The van der Waals surface area contributed by atoms with Crippen LogP contribution in [0.3, 0.4) is 0 Å². The Hall–Kier alpha value is -1.03. The molecule has 0 fully saturated rings. The first-order valence-corrected chi connectivity index (χ1v) is 6.47. The van der Waals surface area contributed by atoms with Crippen molar-refractivity contribution in [3.63, 3.8) is 0 Å². The van der Waals surface area contributed by atoms with Crippen LogP contribution in [0.4, 0.5) is 5.69 Å². The van der Waals surface area contributed by atoms with E-state index in [0.717, 1.165) is 16.8 Å². The summed E-state index contributed by atoms with van der Waals surface area (Å²) in [4.78, 5) is 0. The molecule has 2 N–H and O–H groups in total. The van der Waals surface area contributed by atoms with Gasteiger partial charge in [0, 0.05) is 11.9 Å². The van der Waals surface area contributed by atoms with Crippen molar-refractivity contribution in [1.29, 1.82) is 0 Å². The summed E-state index contributed by atoms with van der Waals surface area (Å²) >= 11 is 0. The van der Waals surface area contributed by atoms with Gasteiger partial charge in [-0.15, -0.1) is 0 Å². The Balaban J connectivity index is 2.74. The number of hydrogen-bond acceptors (Lipinski definition) is 3. The smallest absolute Gasteiger partial charge is 0.147 e. The van der Waals surface area contributed by atoms with Crippen molar-refractivity contribution in [1.82, 2.24) is 0 Å². The zero-order chi connectivity index (χ0) is 10.8. The summed E-state index contributed by atoms with van der Waals surface area (Å²) in [5.74, 6) is 0.191. The minimum absolute atomic E-state index is 0.191. The minimum Gasteiger partial charge on any atom is -0.399 e. The lowest BCUT2D eigenvalue weighted by atomic mass is 10.1. The van der Waals surface area contributed by atoms with Crippen molar-refractivity contribution in [3.05, 3.63) is 29.3 Å². The Morgan fingerprint density at radius 1 is 1.36 bits per heavy atom. The molecule has 0 aliphatic rings. The summed E-state index contributed by atoms with van der Waals surface area (Å²) in [7, 11) is -2.88. The molecule has 1 aromatic carbocycles. The highest BCUT2D eigenvalue weighted by molar-refractivity contribution is 7.90. The molecule has 0 aliphatic heterocycles. The summed E-state index contributed by atoms with van der Waals surface area (Å²) in [5.41, 5.74) is 8.41. The standard InChI is InChI=1S/C10H15NO2S/c1-8-7-9(3-4-10(8)11)5-6-14(2,12)13/h3-4,7H,5-6,11H2,1-2H3. The Kier molecular flexibility index (Phi) is 3.16. The van der Waals surface area contributed by atoms with Gasteiger partial charge in [-0.3, -0.25) is 0 Å². The second-order valence-electron chi connectivity index (χ2n) is 3.57. The number of aryl methyl sites for hydroxylation is 2. The third-order valence-corrected chi connectivity index (χ3v) is 3.04. The fourth-order valence-corrected chi connectivity index (χ4v) is 1.80. The van der Waals surface area contributed by atoms with Crippen molar-refractivity contribution < 1.29 is 8.42 Å². The molecule has 0 spiro atoms. The molecule has 0 saturated heterocycles. The highest BCUT2D eigenvalue weighted by atomic mass is 32.2. The van der Waals surface area contributed by atoms with Gasteiger partial charge in [-0.25, -0.2) is 8.42 Å². The quantitative estimate of drug-likeness (QED) is 0.767. The number of anilines is 1. The number of sulfone groups is 1. The van der Waals surface area contributed by atoms with E-state index in [1.54, 1.807) is 0 Å². The Bertz CT molecular complexity index is 424. The van der Waals surface area contributed by atoms with Crippen LogP contribution >= 0.6 is 0 Å². The van der Waals surface area contributed by atoms with Crippen LogP contribution in [0, 0.1) is 6.92 Å². The normalized spacial score (nSPS) is 11.6. The molecule has 4 heteroatoms. The number of nitrogens with two attached hydrogens (primary N) is 1. The van der Waals surface area contributed by atoms with Crippen molar-refractivity contribution in [2.45, 2.75) is 13.3 Å². The van der Waals surface area contributed by atoms with E-state index in [9.17, 15) is 8.42 Å². The van der Waals surface area contributed by atoms with E-state index in [-0.39, 0.29) is 5.75 Å². The van der Waals surface area contributed by atoms with Crippen LogP contribution in [0.5, 0.6) is 0 Å². The molecule has 3 nitrogen and oxygen atoms in total. The van der Waals surface area contributed by atoms with Crippen LogP contribution < -0.4 is 5.73 Å². The molecular weight excluding hydrogens is 198 g/mol. The first-order chi connectivity index (χ1) is 6.38. The molecule has 1 aromatic rings. The van der Waals surface area contributed by atoms with E-state index < -0.39 is 9.84 Å². The average Bonchev–Trinajstić information content (AvgIpc) is 2.06. The summed E-state index contributed by atoms with van der Waals surface area (Å²) in [6.07, 6.45) is 1.80. The largest absolute Gasteiger partial charge is 0.399 e. The van der Waals surface area contributed by atoms with Crippen LogP contribution in [0.25, 0.3) is 0 Å². The highest BCUT2D eigenvalue weighted by Gasteiger charge is 2.03. The number of benzene rings is 1. The second-order valence-corrected chi connectivity index (χ2v) is 5.83. The van der Waals surface area contributed by atoms with E-state index in [1.165, 1.54) is 6.26 Å². The van der Waals surface area contributed by atoms with Gasteiger partial charge in [0.1, 0.15) is 9.84 Å². The van der Waals surface area contributed by atoms with Gasteiger partial charge >= 0.3 is 0 Å². The van der Waals surface area contributed by atoms with Crippen LogP contribution in [-0.4, -0.2) is 20.4 Å². The van der Waals surface area contributed by atoms with Crippen molar-refractivity contribution in [3.8, 4) is 0 Å². The molecule has 0 aromatic heterocycles. The SMILES string of the molecule is Cc1cc(CCS(C)(=O)=O)ccc1N. The van der Waals surface area contributed by atoms with Crippen LogP contribution in [-0.2, 0) is 16.3 Å². The lowest BCUT2D eigenvalue weighted by Gasteiger charge is -2.04. The van der Waals surface area contributed by atoms with Gasteiger partial charge in [0.2, 0.25) is 0 Å². The molecule has 78 valence electrons. The second kappa shape index (κ2) is 4.00. The molecule has 0 bridgehead atoms. The maximum absolute atomic E-state index is 10.9. The fraction of sp³-hybridized carbons (Fsp3) is 0.400. The zero-order valence-electron chi connectivity index (χ0n) is 8.45. The number of nitrogen functional groups attached to an aromatic ring is 1. The highest BCUT2D eigenvalue weighted by Crippen LogP contribution is 2.13. The minimum atomic E-state index is -2.88. The average molecular weight is 213 g/mol. The third-order valence-electron chi connectivity index (χ3n) is 2.10. The Morgan fingerprint density at radius 2 is 2.00 bits per heavy atom. The van der Waals surface area contributed by atoms with Crippen molar-refractivity contribution >= 4 is 15.5 Å². The number of hydrogen-bond donors (Lipinski definition) is 1. The van der Waals surface area contributed by atoms with Crippen molar-refractivity contribution in [2.75, 3.05) is 17.7 Å². The monoisotopic (exact) mass is 213 g/mol. The summed E-state index contributed by atoms with van der Waals surface area (Å²) in [6, 6.07) is 5.61. The molecule has 0 radical (unpaired) electrons. The maximum atomic E-state index is 10.9. The van der Waals surface area contributed by atoms with Crippen LogP contribution in [0.1, 0.15) is 11.1 Å². The molecule has 14 heavy (non-hydrogen) atoms. The molecule has 1 rings (SSSR count). The third kappa shape index (κ3) is 3.38. The van der Waals surface area contributed by atoms with E-state index in [4.69, 9.17) is 5.73 Å². The Labute approximate surface area is 84.9 Å². The van der Waals surface area contributed by atoms with E-state index >= 15 is 0 Å². The summed E-state index contributed by atoms with van der Waals surface area (Å²) in [5, 5.41) is 0. The van der Waals surface area contributed by atoms with Gasteiger partial charge in [-0.2, -0.15) is 0 Å². The van der Waals surface area contributed by atoms with Crippen molar-refractivity contribution in [2.24, 2.45) is 0 Å². The predicted molar refractivity (Wildman–Crippen MR) is 59.0 cm³/mol. The van der Waals surface area contributed by atoms with Gasteiger partial charge in [0.25, 0.3) is 0 Å². The molecule has 0 amide bonds. The van der Waals surface area contributed by atoms with Gasteiger partial charge in [0.05, 0.1) is 5.75 Å². The molecular formula is C10H15NO2S. The van der Waals surface area contributed by atoms with Crippen LogP contribution in [0.2, 0.25) is 0 Å². The van der Waals surface area contributed by atoms with E-state index in [0.29, 0.717) is 6.42 Å². The topological polar surface area (TPSA) is 60.2 Å². The molecule has 0 unspecified atom stereocenters. The van der Waals surface area contributed by atoms with E-state index in [1.807, 2.05) is 25.1 Å². The number of rotatable bonds is 3. The molecule has 0 heterocycles. The lowest BCUT2D eigenvalue weighted by molar-refractivity contribution is 0.601. The van der Waals surface area contributed by atoms with Gasteiger partial charge in [-0.1, -0.05) is 12.1 Å². The van der Waals surface area contributed by atoms with E-state index in [2.05, 4.69) is 0 Å². The van der Waals surface area contributed by atoms with Crippen LogP contribution in [0.15, 0.2) is 18.2 Å². The first kappa shape index (κ1) is 11.0. The van der Waals surface area contributed by atoms with Gasteiger partial charge in [-0.05, 0) is 30.5 Å². The lowest BCUT2D eigenvalue weighted by Crippen LogP contribution is -2.06. The fourth-order valence-electron chi connectivity index (χ4n) is 1.20. The maximum Gasteiger partial charge on any atom is 0.147 e. The first-order valence-electron chi connectivity index (χ1n) is 4.41. The molecule has 0 atom stereocenters.